The lowest BCUT2D eigenvalue weighted by molar-refractivity contribution is -0.0163. The summed E-state index contributed by atoms with van der Waals surface area (Å²) in [5.41, 5.74) is 0.423. The molecule has 1 aromatic rings. The molecule has 1 aromatic heterocycles. The van der Waals surface area contributed by atoms with Crippen molar-refractivity contribution in [2.45, 2.75) is 11.9 Å². The molecule has 1 unspecified atom stereocenters. The predicted octanol–water partition coefficient (Wildman–Crippen LogP) is -0.354. The number of nitrogens with one attached hydrogen (secondary N) is 1. The van der Waals surface area contributed by atoms with Crippen LogP contribution < -0.4 is 5.32 Å². The molecule has 1 N–H and O–H groups in total. The lowest BCUT2D eigenvalue weighted by Gasteiger charge is -2.36. The van der Waals surface area contributed by atoms with Gasteiger partial charge in [-0.05, 0) is 7.05 Å². The van der Waals surface area contributed by atoms with E-state index in [-0.39, 0.29) is 35.8 Å². The Kier molecular flexibility index (Phi) is 8.92. The second-order valence-electron chi connectivity index (χ2n) is 6.82. The molecule has 0 amide bonds. The van der Waals surface area contributed by atoms with Crippen molar-refractivity contribution >= 4 is 40.0 Å². The Hall–Kier alpha value is -0.960. The zero-order chi connectivity index (χ0) is 19.3. The number of guanidine groups is 1. The first-order chi connectivity index (χ1) is 13.0. The van der Waals surface area contributed by atoms with E-state index < -0.39 is 10.0 Å². The van der Waals surface area contributed by atoms with Crippen molar-refractivity contribution < 1.29 is 17.7 Å². The van der Waals surface area contributed by atoms with Crippen LogP contribution in [0.2, 0.25) is 0 Å². The minimum absolute atomic E-state index is 0. The molecule has 2 aliphatic rings. The van der Waals surface area contributed by atoms with E-state index in [0.29, 0.717) is 38.4 Å². The van der Waals surface area contributed by atoms with Crippen molar-refractivity contribution in [1.29, 1.82) is 0 Å². The van der Waals surface area contributed by atoms with Crippen molar-refractivity contribution in [1.82, 2.24) is 24.6 Å². The van der Waals surface area contributed by atoms with Crippen LogP contribution in [0.5, 0.6) is 0 Å². The summed E-state index contributed by atoms with van der Waals surface area (Å²) in [7, 11) is 0.427. The number of hydrogen-bond donors (Lipinski definition) is 1. The number of rotatable bonds is 5. The summed E-state index contributed by atoms with van der Waals surface area (Å²) < 4.78 is 37.0. The monoisotopic (exact) mass is 528 g/mol. The van der Waals surface area contributed by atoms with Gasteiger partial charge in [0, 0.05) is 58.9 Å². The third-order valence-electron chi connectivity index (χ3n) is 4.79. The number of aliphatic imine (C=N–C) groups is 1. The van der Waals surface area contributed by atoms with Gasteiger partial charge in [0.1, 0.15) is 12.0 Å². The Morgan fingerprint density at radius 2 is 2.07 bits per heavy atom. The van der Waals surface area contributed by atoms with Gasteiger partial charge in [0.05, 0.1) is 18.4 Å². The molecular formula is C16H29IN6O4S. The summed E-state index contributed by atoms with van der Waals surface area (Å²) in [4.78, 5) is 8.66. The standard InChI is InChI=1S/C16H28N6O4S.HI/c1-17-16(18-11-15-12-20(2)8-10-25-15)21-4-6-22(7-5-21)27(23,24)13-14-3-9-26-19-14;/h3,9,15H,4-8,10-13H2,1-2H3,(H,17,18);1H. The average molecular weight is 528 g/mol. The number of halogens is 1. The fourth-order valence-electron chi connectivity index (χ4n) is 3.30. The number of hydrogen-bond acceptors (Lipinski definition) is 7. The molecule has 0 bridgehead atoms. The maximum Gasteiger partial charge on any atom is 0.220 e. The van der Waals surface area contributed by atoms with Crippen LogP contribution in [0.3, 0.4) is 0 Å². The molecule has 2 fully saturated rings. The van der Waals surface area contributed by atoms with Crippen LogP contribution in [-0.2, 0) is 20.5 Å². The summed E-state index contributed by atoms with van der Waals surface area (Å²) in [6.07, 6.45) is 1.51. The Morgan fingerprint density at radius 3 is 2.68 bits per heavy atom. The third-order valence-corrected chi connectivity index (χ3v) is 6.61. The van der Waals surface area contributed by atoms with Crippen LogP contribution in [0.4, 0.5) is 0 Å². The van der Waals surface area contributed by atoms with Crippen LogP contribution in [0, 0.1) is 0 Å². The third kappa shape index (κ3) is 6.27. The fourth-order valence-corrected chi connectivity index (χ4v) is 4.72. The van der Waals surface area contributed by atoms with E-state index in [1.54, 1.807) is 13.1 Å². The van der Waals surface area contributed by atoms with Crippen molar-refractivity contribution in [3.63, 3.8) is 0 Å². The molecule has 12 heteroatoms. The second-order valence-corrected chi connectivity index (χ2v) is 8.79. The normalized spacial score (nSPS) is 22.7. The molecular weight excluding hydrogens is 499 g/mol. The first kappa shape index (κ1) is 23.3. The molecule has 10 nitrogen and oxygen atoms in total. The number of sulfonamides is 1. The highest BCUT2D eigenvalue weighted by molar-refractivity contribution is 14.0. The molecule has 3 rings (SSSR count). The van der Waals surface area contributed by atoms with Crippen LogP contribution in [0.15, 0.2) is 21.8 Å². The van der Waals surface area contributed by atoms with Gasteiger partial charge in [0.2, 0.25) is 10.0 Å². The van der Waals surface area contributed by atoms with Gasteiger partial charge in [-0.25, -0.2) is 8.42 Å². The Labute approximate surface area is 183 Å². The number of piperazine rings is 1. The van der Waals surface area contributed by atoms with Gasteiger partial charge in [0.15, 0.2) is 5.96 Å². The molecule has 0 saturated carbocycles. The fraction of sp³-hybridized carbons (Fsp3) is 0.750. The zero-order valence-electron chi connectivity index (χ0n) is 16.3. The van der Waals surface area contributed by atoms with Crippen LogP contribution in [-0.4, -0.2) is 106 Å². The highest BCUT2D eigenvalue weighted by Gasteiger charge is 2.29. The van der Waals surface area contributed by atoms with Gasteiger partial charge < -0.3 is 24.4 Å². The predicted molar refractivity (Wildman–Crippen MR) is 116 cm³/mol. The zero-order valence-corrected chi connectivity index (χ0v) is 19.4. The van der Waals surface area contributed by atoms with Crippen LogP contribution >= 0.6 is 24.0 Å². The molecule has 0 radical (unpaired) electrons. The first-order valence-electron chi connectivity index (χ1n) is 9.11. The number of likely N-dealkylation sites (N-methyl/N-ethyl adjacent to an activating group) is 1. The van der Waals surface area contributed by atoms with Gasteiger partial charge >= 0.3 is 0 Å². The Bertz CT molecular complexity index is 722. The quantitative estimate of drug-likeness (QED) is 0.314. The number of nitrogens with zero attached hydrogens (tertiary/aromatic N) is 5. The molecule has 28 heavy (non-hydrogen) atoms. The lowest BCUT2D eigenvalue weighted by atomic mass is 10.3. The maximum atomic E-state index is 12.5. The minimum Gasteiger partial charge on any atom is -0.374 e. The molecule has 0 aliphatic carbocycles. The van der Waals surface area contributed by atoms with Gasteiger partial charge in [-0.15, -0.1) is 24.0 Å². The molecule has 0 aromatic carbocycles. The van der Waals surface area contributed by atoms with Crippen molar-refractivity contribution in [2.75, 3.05) is 66.5 Å². The van der Waals surface area contributed by atoms with E-state index in [1.807, 2.05) is 0 Å². The molecule has 0 spiro atoms. The van der Waals surface area contributed by atoms with Crippen molar-refractivity contribution in [3.8, 4) is 0 Å². The summed E-state index contributed by atoms with van der Waals surface area (Å²) in [6, 6.07) is 1.57. The molecule has 160 valence electrons. The van der Waals surface area contributed by atoms with E-state index in [2.05, 4.69) is 32.3 Å². The van der Waals surface area contributed by atoms with Gasteiger partial charge in [0.25, 0.3) is 0 Å². The summed E-state index contributed by atoms with van der Waals surface area (Å²) in [5, 5.41) is 7.04. The number of ether oxygens (including phenoxy) is 1. The molecule has 1 atom stereocenters. The van der Waals surface area contributed by atoms with Gasteiger partial charge in [-0.2, -0.15) is 4.31 Å². The summed E-state index contributed by atoms with van der Waals surface area (Å²) in [6.45, 7) is 5.28. The second kappa shape index (κ2) is 10.7. The van der Waals surface area contributed by atoms with Crippen LogP contribution in [0.25, 0.3) is 0 Å². The molecule has 3 heterocycles. The molecule has 2 saturated heterocycles. The lowest BCUT2D eigenvalue weighted by Crippen LogP contribution is -2.55. The number of aromatic nitrogens is 1. The number of morpholine rings is 1. The first-order valence-corrected chi connectivity index (χ1v) is 10.7. The smallest absolute Gasteiger partial charge is 0.220 e. The Morgan fingerprint density at radius 1 is 1.32 bits per heavy atom. The van der Waals surface area contributed by atoms with Gasteiger partial charge in [-0.1, -0.05) is 5.16 Å². The average Bonchev–Trinajstić information content (AvgIpc) is 3.15. The minimum atomic E-state index is -3.40. The maximum absolute atomic E-state index is 12.5. The summed E-state index contributed by atoms with van der Waals surface area (Å²) in [5.74, 6) is 0.642. The van der Waals surface area contributed by atoms with E-state index >= 15 is 0 Å². The van der Waals surface area contributed by atoms with Crippen molar-refractivity contribution in [2.24, 2.45) is 4.99 Å². The topological polar surface area (TPSA) is 104 Å². The van der Waals surface area contributed by atoms with Crippen LogP contribution in [0.1, 0.15) is 5.69 Å². The largest absolute Gasteiger partial charge is 0.374 e. The SMILES string of the molecule is CN=C(NCC1CN(C)CCO1)N1CCN(S(=O)(=O)Cc2ccon2)CC1.I. The van der Waals surface area contributed by atoms with E-state index in [9.17, 15) is 8.42 Å². The highest BCUT2D eigenvalue weighted by atomic mass is 127. The van der Waals surface area contributed by atoms with E-state index in [1.165, 1.54) is 10.6 Å². The summed E-state index contributed by atoms with van der Waals surface area (Å²) >= 11 is 0. The van der Waals surface area contributed by atoms with Gasteiger partial charge in [-0.3, -0.25) is 4.99 Å². The van der Waals surface area contributed by atoms with Crippen molar-refractivity contribution in [3.05, 3.63) is 18.0 Å². The van der Waals surface area contributed by atoms with E-state index in [4.69, 9.17) is 9.26 Å². The molecule has 2 aliphatic heterocycles. The Balaban J connectivity index is 0.00000280. The van der Waals surface area contributed by atoms with E-state index in [0.717, 1.165) is 25.7 Å². The highest BCUT2D eigenvalue weighted by Crippen LogP contribution is 2.13.